The first kappa shape index (κ1) is 12.2. The highest BCUT2D eigenvalue weighted by Crippen LogP contribution is 2.26. The Bertz CT molecular complexity index is 525. The molecule has 0 radical (unpaired) electrons. The highest BCUT2D eigenvalue weighted by molar-refractivity contribution is 5.56. The van der Waals surface area contributed by atoms with Crippen LogP contribution in [0.3, 0.4) is 0 Å². The summed E-state index contributed by atoms with van der Waals surface area (Å²) in [7, 11) is 1.60. The summed E-state index contributed by atoms with van der Waals surface area (Å²) in [5.41, 5.74) is 6.40. The fourth-order valence-electron chi connectivity index (χ4n) is 1.59. The van der Waals surface area contributed by atoms with Crippen molar-refractivity contribution in [3.05, 3.63) is 30.4 Å². The zero-order chi connectivity index (χ0) is 13.0. The van der Waals surface area contributed by atoms with Crippen LogP contribution in [0, 0.1) is 0 Å². The van der Waals surface area contributed by atoms with E-state index in [-0.39, 0.29) is 0 Å². The van der Waals surface area contributed by atoms with E-state index in [0.717, 1.165) is 12.4 Å². The Morgan fingerprint density at radius 1 is 1.39 bits per heavy atom. The molecule has 0 amide bonds. The zero-order valence-electron chi connectivity index (χ0n) is 10.5. The van der Waals surface area contributed by atoms with Gasteiger partial charge in [-0.25, -0.2) is 9.67 Å². The molecular formula is C12H16N4O2. The van der Waals surface area contributed by atoms with E-state index >= 15 is 0 Å². The molecule has 0 bridgehead atoms. The molecule has 2 N–H and O–H groups in total. The fraction of sp³-hybridized carbons (Fsp3) is 0.333. The molecule has 1 aromatic carbocycles. The summed E-state index contributed by atoms with van der Waals surface area (Å²) in [6.07, 6.45) is 1.51. The number of ether oxygens (including phenoxy) is 2. The fourth-order valence-corrected chi connectivity index (χ4v) is 1.59. The first-order valence-electron chi connectivity index (χ1n) is 5.67. The van der Waals surface area contributed by atoms with Crippen LogP contribution in [-0.2, 0) is 13.2 Å². The van der Waals surface area contributed by atoms with Gasteiger partial charge in [-0.2, -0.15) is 5.10 Å². The van der Waals surface area contributed by atoms with Crippen molar-refractivity contribution in [2.24, 2.45) is 0 Å². The van der Waals surface area contributed by atoms with Crippen molar-refractivity contribution in [2.45, 2.75) is 20.1 Å². The first-order valence-corrected chi connectivity index (χ1v) is 5.67. The molecule has 0 saturated heterocycles. The summed E-state index contributed by atoms with van der Waals surface area (Å²) in [5.74, 6) is 2.09. The van der Waals surface area contributed by atoms with Gasteiger partial charge in [0.05, 0.1) is 12.8 Å². The number of aromatic nitrogens is 3. The number of aryl methyl sites for hydroxylation is 1. The SMILES string of the molecule is CCn1ncnc1COc1ccc(OC)cc1N. The van der Waals surface area contributed by atoms with Crippen molar-refractivity contribution in [3.8, 4) is 11.5 Å². The molecule has 2 rings (SSSR count). The van der Waals surface area contributed by atoms with E-state index < -0.39 is 0 Å². The third kappa shape index (κ3) is 2.53. The molecule has 1 aromatic heterocycles. The van der Waals surface area contributed by atoms with Crippen LogP contribution in [0.1, 0.15) is 12.7 Å². The number of methoxy groups -OCH3 is 1. The molecule has 0 fully saturated rings. The lowest BCUT2D eigenvalue weighted by molar-refractivity contribution is 0.288. The van der Waals surface area contributed by atoms with Crippen LogP contribution in [0.25, 0.3) is 0 Å². The Hall–Kier alpha value is -2.24. The van der Waals surface area contributed by atoms with Crippen LogP contribution in [0.2, 0.25) is 0 Å². The lowest BCUT2D eigenvalue weighted by atomic mass is 10.3. The predicted molar refractivity (Wildman–Crippen MR) is 67.4 cm³/mol. The molecular weight excluding hydrogens is 232 g/mol. The van der Waals surface area contributed by atoms with E-state index in [1.165, 1.54) is 6.33 Å². The average molecular weight is 248 g/mol. The molecule has 2 aromatic rings. The van der Waals surface area contributed by atoms with Crippen molar-refractivity contribution in [1.82, 2.24) is 14.8 Å². The quantitative estimate of drug-likeness (QED) is 0.811. The minimum Gasteiger partial charge on any atom is -0.497 e. The van der Waals surface area contributed by atoms with Gasteiger partial charge in [0, 0.05) is 12.6 Å². The largest absolute Gasteiger partial charge is 0.497 e. The number of rotatable bonds is 5. The predicted octanol–water partition coefficient (Wildman–Crippen LogP) is 1.47. The third-order valence-electron chi connectivity index (χ3n) is 2.57. The molecule has 0 aliphatic carbocycles. The van der Waals surface area contributed by atoms with Gasteiger partial charge in [0.25, 0.3) is 0 Å². The maximum Gasteiger partial charge on any atom is 0.164 e. The molecule has 18 heavy (non-hydrogen) atoms. The Morgan fingerprint density at radius 3 is 2.89 bits per heavy atom. The number of nitrogens with zero attached hydrogens (tertiary/aromatic N) is 3. The van der Waals surface area contributed by atoms with Crippen LogP contribution in [0.15, 0.2) is 24.5 Å². The number of benzene rings is 1. The highest BCUT2D eigenvalue weighted by Gasteiger charge is 2.06. The smallest absolute Gasteiger partial charge is 0.164 e. The van der Waals surface area contributed by atoms with Gasteiger partial charge < -0.3 is 15.2 Å². The minimum absolute atomic E-state index is 0.338. The van der Waals surface area contributed by atoms with Crippen molar-refractivity contribution < 1.29 is 9.47 Å². The van der Waals surface area contributed by atoms with Gasteiger partial charge in [0.1, 0.15) is 24.4 Å². The second kappa shape index (κ2) is 5.39. The Balaban J connectivity index is 2.06. The normalized spacial score (nSPS) is 10.3. The topological polar surface area (TPSA) is 75.2 Å². The van der Waals surface area contributed by atoms with Gasteiger partial charge >= 0.3 is 0 Å². The van der Waals surface area contributed by atoms with Crippen LogP contribution >= 0.6 is 0 Å². The molecule has 0 atom stereocenters. The Labute approximate surface area is 105 Å². The molecule has 0 spiro atoms. The minimum atomic E-state index is 0.338. The van der Waals surface area contributed by atoms with E-state index in [1.54, 1.807) is 30.0 Å². The summed E-state index contributed by atoms with van der Waals surface area (Å²) >= 11 is 0. The van der Waals surface area contributed by atoms with Crippen LogP contribution in [0.4, 0.5) is 5.69 Å². The van der Waals surface area contributed by atoms with Crippen molar-refractivity contribution >= 4 is 5.69 Å². The number of hydrogen-bond donors (Lipinski definition) is 1. The summed E-state index contributed by atoms with van der Waals surface area (Å²) in [5, 5.41) is 4.07. The van der Waals surface area contributed by atoms with Gasteiger partial charge in [-0.3, -0.25) is 0 Å². The van der Waals surface area contributed by atoms with E-state index in [2.05, 4.69) is 10.1 Å². The van der Waals surface area contributed by atoms with Crippen LogP contribution in [0.5, 0.6) is 11.5 Å². The maximum absolute atomic E-state index is 5.86. The number of nitrogen functional groups attached to an aromatic ring is 1. The summed E-state index contributed by atoms with van der Waals surface area (Å²) < 4.78 is 12.5. The summed E-state index contributed by atoms with van der Waals surface area (Å²) in [6, 6.07) is 5.30. The van der Waals surface area contributed by atoms with E-state index in [0.29, 0.717) is 23.8 Å². The van der Waals surface area contributed by atoms with Gasteiger partial charge in [0.2, 0.25) is 0 Å². The van der Waals surface area contributed by atoms with E-state index in [9.17, 15) is 0 Å². The van der Waals surface area contributed by atoms with Crippen LogP contribution < -0.4 is 15.2 Å². The van der Waals surface area contributed by atoms with Gasteiger partial charge in [0.15, 0.2) is 5.82 Å². The lowest BCUT2D eigenvalue weighted by Gasteiger charge is -2.10. The molecule has 0 unspecified atom stereocenters. The molecule has 6 heteroatoms. The Morgan fingerprint density at radius 2 is 2.22 bits per heavy atom. The monoisotopic (exact) mass is 248 g/mol. The van der Waals surface area contributed by atoms with Gasteiger partial charge in [-0.05, 0) is 19.1 Å². The summed E-state index contributed by atoms with van der Waals surface area (Å²) in [6.45, 7) is 3.10. The molecule has 96 valence electrons. The van der Waals surface area contributed by atoms with Crippen molar-refractivity contribution in [1.29, 1.82) is 0 Å². The first-order chi connectivity index (χ1) is 8.74. The molecule has 0 aliphatic heterocycles. The molecule has 1 heterocycles. The standard InChI is InChI=1S/C12H16N4O2/c1-3-16-12(14-8-15-16)7-18-11-5-4-9(17-2)6-10(11)13/h4-6,8H,3,7,13H2,1-2H3. The molecule has 6 nitrogen and oxygen atoms in total. The average Bonchev–Trinajstić information content (AvgIpc) is 2.84. The van der Waals surface area contributed by atoms with E-state index in [1.807, 2.05) is 6.92 Å². The maximum atomic E-state index is 5.86. The molecule has 0 aliphatic rings. The molecule has 0 saturated carbocycles. The van der Waals surface area contributed by atoms with Gasteiger partial charge in [-0.15, -0.1) is 0 Å². The second-order valence-corrected chi connectivity index (χ2v) is 3.68. The van der Waals surface area contributed by atoms with Crippen LogP contribution in [-0.4, -0.2) is 21.9 Å². The summed E-state index contributed by atoms with van der Waals surface area (Å²) in [4.78, 5) is 4.13. The number of anilines is 1. The Kier molecular flexibility index (Phi) is 3.66. The zero-order valence-corrected chi connectivity index (χ0v) is 10.5. The third-order valence-corrected chi connectivity index (χ3v) is 2.57. The van der Waals surface area contributed by atoms with Crippen molar-refractivity contribution in [3.63, 3.8) is 0 Å². The number of nitrogens with two attached hydrogens (primary N) is 1. The second-order valence-electron chi connectivity index (χ2n) is 3.68. The van der Waals surface area contributed by atoms with Gasteiger partial charge in [-0.1, -0.05) is 0 Å². The highest BCUT2D eigenvalue weighted by atomic mass is 16.5. The van der Waals surface area contributed by atoms with E-state index in [4.69, 9.17) is 15.2 Å². The number of hydrogen-bond acceptors (Lipinski definition) is 5. The lowest BCUT2D eigenvalue weighted by Crippen LogP contribution is -2.08. The van der Waals surface area contributed by atoms with Crippen molar-refractivity contribution in [2.75, 3.05) is 12.8 Å².